The summed E-state index contributed by atoms with van der Waals surface area (Å²) in [6.07, 6.45) is 3.07. The second-order valence-electron chi connectivity index (χ2n) is 6.78. The number of carbonyl (C=O) groups is 1. The molecule has 1 aromatic heterocycles. The molecule has 5 nitrogen and oxygen atoms in total. The lowest BCUT2D eigenvalue weighted by molar-refractivity contribution is 0.103. The van der Waals surface area contributed by atoms with E-state index in [0.29, 0.717) is 27.9 Å². The van der Waals surface area contributed by atoms with Gasteiger partial charge < -0.3 is 0 Å². The molecule has 154 valence electrons. The summed E-state index contributed by atoms with van der Waals surface area (Å²) in [5.74, 6) is -0.538. The Labute approximate surface area is 179 Å². The minimum Gasteiger partial charge on any atom is -0.289 e. The molecule has 1 heterocycles. The zero-order valence-corrected chi connectivity index (χ0v) is 17.0. The molecule has 31 heavy (non-hydrogen) atoms. The van der Waals surface area contributed by atoms with Crippen molar-refractivity contribution >= 4 is 21.5 Å². The first-order valence-corrected chi connectivity index (χ1v) is 10.8. The smallest absolute Gasteiger partial charge is 0.261 e. The molecule has 0 saturated carbocycles. The largest absolute Gasteiger partial charge is 0.289 e. The maximum Gasteiger partial charge on any atom is 0.261 e. The van der Waals surface area contributed by atoms with Gasteiger partial charge in [-0.3, -0.25) is 14.5 Å². The Morgan fingerprint density at radius 3 is 2.10 bits per heavy atom. The minimum absolute atomic E-state index is 0.0752. The maximum absolute atomic E-state index is 13.2. The first-order valence-electron chi connectivity index (χ1n) is 9.36. The van der Waals surface area contributed by atoms with Gasteiger partial charge in [0.1, 0.15) is 5.82 Å². The summed E-state index contributed by atoms with van der Waals surface area (Å²) in [5.41, 5.74) is 2.63. The molecular formula is C24H17FN2O3S. The number of hydrogen-bond acceptors (Lipinski definition) is 4. The van der Waals surface area contributed by atoms with Crippen LogP contribution in [0.4, 0.5) is 10.1 Å². The van der Waals surface area contributed by atoms with Crippen molar-refractivity contribution in [3.63, 3.8) is 0 Å². The van der Waals surface area contributed by atoms with Crippen molar-refractivity contribution in [2.24, 2.45) is 0 Å². The third-order valence-electron chi connectivity index (χ3n) is 4.66. The summed E-state index contributed by atoms with van der Waals surface area (Å²) in [4.78, 5) is 16.4. The van der Waals surface area contributed by atoms with Crippen LogP contribution in [0.5, 0.6) is 0 Å². The molecule has 0 fully saturated rings. The van der Waals surface area contributed by atoms with Gasteiger partial charge in [-0.05, 0) is 71.8 Å². The van der Waals surface area contributed by atoms with Gasteiger partial charge in [0.25, 0.3) is 10.0 Å². The summed E-state index contributed by atoms with van der Waals surface area (Å²) < 4.78 is 41.3. The molecule has 0 aliphatic heterocycles. The molecule has 0 aliphatic carbocycles. The topological polar surface area (TPSA) is 76.1 Å². The Hall–Kier alpha value is -3.84. The first kappa shape index (κ1) is 20.4. The predicted octanol–water partition coefficient (Wildman–Crippen LogP) is 4.92. The average molecular weight is 432 g/mol. The van der Waals surface area contributed by atoms with Crippen molar-refractivity contribution < 1.29 is 17.6 Å². The second-order valence-corrected chi connectivity index (χ2v) is 8.46. The number of carbonyl (C=O) groups excluding carboxylic acids is 1. The quantitative estimate of drug-likeness (QED) is 0.439. The van der Waals surface area contributed by atoms with E-state index in [2.05, 4.69) is 9.71 Å². The molecule has 0 amide bonds. The highest BCUT2D eigenvalue weighted by atomic mass is 32.2. The molecule has 0 bridgehead atoms. The van der Waals surface area contributed by atoms with Crippen LogP contribution in [0.2, 0.25) is 0 Å². The van der Waals surface area contributed by atoms with Gasteiger partial charge in [-0.25, -0.2) is 12.8 Å². The number of nitrogens with zero attached hydrogens (tertiary/aromatic N) is 1. The number of benzene rings is 3. The fraction of sp³-hybridized carbons (Fsp3) is 0. The molecule has 0 atom stereocenters. The van der Waals surface area contributed by atoms with E-state index in [0.717, 1.165) is 0 Å². The standard InChI is InChI=1S/C24H17FN2O3S/c25-21-8-4-17(5-9-21)20-2-1-3-23(16-20)31(29,30)27-22-10-6-18(7-11-22)24(28)19-12-14-26-15-13-19/h1-16,27H. The molecule has 7 heteroatoms. The third kappa shape index (κ3) is 4.67. The van der Waals surface area contributed by atoms with Crippen molar-refractivity contribution in [2.45, 2.75) is 4.90 Å². The predicted molar refractivity (Wildman–Crippen MR) is 117 cm³/mol. The number of sulfonamides is 1. The summed E-state index contributed by atoms with van der Waals surface area (Å²) in [7, 11) is -3.85. The number of aromatic nitrogens is 1. The highest BCUT2D eigenvalue weighted by Crippen LogP contribution is 2.24. The van der Waals surface area contributed by atoms with Crippen LogP contribution >= 0.6 is 0 Å². The highest BCUT2D eigenvalue weighted by molar-refractivity contribution is 7.92. The van der Waals surface area contributed by atoms with Gasteiger partial charge in [0.2, 0.25) is 0 Å². The van der Waals surface area contributed by atoms with Crippen molar-refractivity contribution in [1.29, 1.82) is 0 Å². The Morgan fingerprint density at radius 2 is 1.42 bits per heavy atom. The van der Waals surface area contributed by atoms with Crippen LogP contribution in [0.1, 0.15) is 15.9 Å². The van der Waals surface area contributed by atoms with Crippen molar-refractivity contribution in [2.75, 3.05) is 4.72 Å². The Bertz CT molecular complexity index is 1320. The van der Waals surface area contributed by atoms with Crippen LogP contribution in [0.15, 0.2) is 102 Å². The monoisotopic (exact) mass is 432 g/mol. The SMILES string of the molecule is O=C(c1ccncc1)c1ccc(NS(=O)(=O)c2cccc(-c3ccc(F)cc3)c2)cc1. The Balaban J connectivity index is 1.54. The van der Waals surface area contributed by atoms with Crippen LogP contribution in [0, 0.1) is 5.82 Å². The fourth-order valence-corrected chi connectivity index (χ4v) is 4.16. The van der Waals surface area contributed by atoms with Crippen molar-refractivity contribution in [3.05, 3.63) is 114 Å². The number of rotatable bonds is 6. The molecule has 0 aliphatic rings. The lowest BCUT2D eigenvalue weighted by Crippen LogP contribution is -2.13. The van der Waals surface area contributed by atoms with E-state index < -0.39 is 10.0 Å². The van der Waals surface area contributed by atoms with E-state index in [4.69, 9.17) is 0 Å². The summed E-state index contributed by atoms with van der Waals surface area (Å²) in [5, 5.41) is 0. The normalized spacial score (nSPS) is 11.1. The van der Waals surface area contributed by atoms with Crippen molar-refractivity contribution in [1.82, 2.24) is 4.98 Å². The van der Waals surface area contributed by atoms with Crippen LogP contribution in [-0.4, -0.2) is 19.2 Å². The number of halogens is 1. The first-order chi connectivity index (χ1) is 14.9. The highest BCUT2D eigenvalue weighted by Gasteiger charge is 2.16. The van der Waals surface area contributed by atoms with E-state index in [1.165, 1.54) is 48.8 Å². The molecule has 0 saturated heterocycles. The lowest BCUT2D eigenvalue weighted by atomic mass is 10.0. The van der Waals surface area contributed by atoms with Crippen molar-refractivity contribution in [3.8, 4) is 11.1 Å². The van der Waals surface area contributed by atoms with Gasteiger partial charge in [0, 0.05) is 29.2 Å². The molecule has 1 N–H and O–H groups in total. The maximum atomic E-state index is 13.2. The van der Waals surface area contributed by atoms with Crippen LogP contribution in [0.3, 0.4) is 0 Å². The number of pyridine rings is 1. The zero-order chi connectivity index (χ0) is 21.8. The Kier molecular flexibility index (Phi) is 5.60. The van der Waals surface area contributed by atoms with Gasteiger partial charge in [-0.1, -0.05) is 24.3 Å². The minimum atomic E-state index is -3.85. The Morgan fingerprint density at radius 1 is 0.774 bits per heavy atom. The summed E-state index contributed by atoms with van der Waals surface area (Å²) >= 11 is 0. The van der Waals surface area contributed by atoms with Gasteiger partial charge in [-0.2, -0.15) is 0 Å². The zero-order valence-electron chi connectivity index (χ0n) is 16.2. The molecule has 0 unspecified atom stereocenters. The van der Waals surface area contributed by atoms with Gasteiger partial charge in [0.15, 0.2) is 5.78 Å². The fourth-order valence-electron chi connectivity index (χ4n) is 3.06. The molecule has 0 radical (unpaired) electrons. The van der Waals surface area contributed by atoms with Crippen LogP contribution < -0.4 is 4.72 Å². The van der Waals surface area contributed by atoms with E-state index in [9.17, 15) is 17.6 Å². The molecular weight excluding hydrogens is 415 g/mol. The van der Waals surface area contributed by atoms with E-state index in [1.54, 1.807) is 48.5 Å². The van der Waals surface area contributed by atoms with E-state index >= 15 is 0 Å². The number of ketones is 1. The van der Waals surface area contributed by atoms with Gasteiger partial charge in [0.05, 0.1) is 4.90 Å². The molecule has 4 aromatic rings. The number of hydrogen-bond donors (Lipinski definition) is 1. The van der Waals surface area contributed by atoms with E-state index in [1.807, 2.05) is 0 Å². The molecule has 3 aromatic carbocycles. The molecule has 0 spiro atoms. The number of nitrogens with one attached hydrogen (secondary N) is 1. The summed E-state index contributed by atoms with van der Waals surface area (Å²) in [6, 6.07) is 21.7. The number of anilines is 1. The average Bonchev–Trinajstić information content (AvgIpc) is 2.80. The second kappa shape index (κ2) is 8.49. The van der Waals surface area contributed by atoms with Gasteiger partial charge in [-0.15, -0.1) is 0 Å². The summed E-state index contributed by atoms with van der Waals surface area (Å²) in [6.45, 7) is 0. The van der Waals surface area contributed by atoms with Gasteiger partial charge >= 0.3 is 0 Å². The van der Waals surface area contributed by atoms with E-state index in [-0.39, 0.29) is 16.5 Å². The van der Waals surface area contributed by atoms with Crippen LogP contribution in [0.25, 0.3) is 11.1 Å². The third-order valence-corrected chi connectivity index (χ3v) is 6.04. The van der Waals surface area contributed by atoms with Crippen LogP contribution in [-0.2, 0) is 10.0 Å². The molecule has 4 rings (SSSR count). The lowest BCUT2D eigenvalue weighted by Gasteiger charge is -2.10.